The number of hydrogen-bond donors (Lipinski definition) is 1. The van der Waals surface area contributed by atoms with Gasteiger partial charge < -0.3 is 15.4 Å². The topological polar surface area (TPSA) is 64.3 Å². The Hall–Kier alpha value is -2.37. The molecule has 0 aliphatic carbocycles. The molecule has 0 amide bonds. The Morgan fingerprint density at radius 3 is 2.71 bits per heavy atom. The standard InChI is InChI=1S/C15H17FN4O/c1-21-12-6-4-5-10(14(12)16)11-9-13(19-15(17)18-11)20-7-2-3-8-20/h4-6,9H,2-3,7-8H2,1H3,(H2,17,18,19). The van der Waals surface area contributed by atoms with Gasteiger partial charge in [0.05, 0.1) is 12.8 Å². The first kappa shape index (κ1) is 13.6. The van der Waals surface area contributed by atoms with Crippen molar-refractivity contribution in [3.63, 3.8) is 0 Å². The zero-order valence-corrected chi connectivity index (χ0v) is 11.8. The van der Waals surface area contributed by atoms with Crippen molar-refractivity contribution in [3.05, 3.63) is 30.1 Å². The number of benzene rings is 1. The fourth-order valence-electron chi connectivity index (χ4n) is 2.57. The zero-order chi connectivity index (χ0) is 14.8. The lowest BCUT2D eigenvalue weighted by Gasteiger charge is -2.17. The maximum atomic E-state index is 14.4. The van der Waals surface area contributed by atoms with E-state index in [0.29, 0.717) is 11.3 Å². The van der Waals surface area contributed by atoms with Crippen molar-refractivity contribution < 1.29 is 9.13 Å². The van der Waals surface area contributed by atoms with E-state index >= 15 is 0 Å². The van der Waals surface area contributed by atoms with Crippen LogP contribution in [0.2, 0.25) is 0 Å². The molecule has 1 aliphatic heterocycles. The van der Waals surface area contributed by atoms with Crippen LogP contribution in [0, 0.1) is 5.82 Å². The molecule has 6 heteroatoms. The lowest BCUT2D eigenvalue weighted by Crippen LogP contribution is -2.19. The van der Waals surface area contributed by atoms with Crippen molar-refractivity contribution in [2.24, 2.45) is 0 Å². The molecule has 0 spiro atoms. The van der Waals surface area contributed by atoms with Gasteiger partial charge in [0.15, 0.2) is 11.6 Å². The highest BCUT2D eigenvalue weighted by atomic mass is 19.1. The summed E-state index contributed by atoms with van der Waals surface area (Å²) in [6.07, 6.45) is 2.26. The summed E-state index contributed by atoms with van der Waals surface area (Å²) in [4.78, 5) is 10.5. The highest BCUT2D eigenvalue weighted by Crippen LogP contribution is 2.30. The number of anilines is 2. The van der Waals surface area contributed by atoms with Gasteiger partial charge in [-0.05, 0) is 25.0 Å². The maximum Gasteiger partial charge on any atom is 0.222 e. The highest BCUT2D eigenvalue weighted by molar-refractivity contribution is 5.66. The normalized spacial score (nSPS) is 14.5. The van der Waals surface area contributed by atoms with Gasteiger partial charge in [-0.3, -0.25) is 0 Å². The summed E-state index contributed by atoms with van der Waals surface area (Å²) in [6, 6.07) is 6.74. The highest BCUT2D eigenvalue weighted by Gasteiger charge is 2.18. The monoisotopic (exact) mass is 288 g/mol. The molecule has 0 bridgehead atoms. The molecule has 2 heterocycles. The molecule has 1 aromatic carbocycles. The Balaban J connectivity index is 2.06. The average molecular weight is 288 g/mol. The van der Waals surface area contributed by atoms with Crippen LogP contribution in [-0.4, -0.2) is 30.2 Å². The van der Waals surface area contributed by atoms with Crippen molar-refractivity contribution in [2.45, 2.75) is 12.8 Å². The summed E-state index contributed by atoms with van der Waals surface area (Å²) in [7, 11) is 1.44. The molecule has 110 valence electrons. The van der Waals surface area contributed by atoms with E-state index in [4.69, 9.17) is 10.5 Å². The second kappa shape index (κ2) is 5.55. The number of hydrogen-bond acceptors (Lipinski definition) is 5. The predicted molar refractivity (Wildman–Crippen MR) is 79.8 cm³/mol. The van der Waals surface area contributed by atoms with Crippen LogP contribution in [0.25, 0.3) is 11.3 Å². The quantitative estimate of drug-likeness (QED) is 0.940. The van der Waals surface area contributed by atoms with Gasteiger partial charge in [0, 0.05) is 24.7 Å². The third-order valence-electron chi connectivity index (χ3n) is 3.62. The Labute approximate surface area is 122 Å². The molecule has 1 fully saturated rings. The van der Waals surface area contributed by atoms with Crippen molar-refractivity contribution in [3.8, 4) is 17.0 Å². The molecular weight excluding hydrogens is 271 g/mol. The largest absolute Gasteiger partial charge is 0.494 e. The van der Waals surface area contributed by atoms with Gasteiger partial charge in [-0.2, -0.15) is 4.98 Å². The number of nitrogens with two attached hydrogens (primary N) is 1. The second-order valence-electron chi connectivity index (χ2n) is 4.99. The average Bonchev–Trinajstić information content (AvgIpc) is 3.01. The minimum Gasteiger partial charge on any atom is -0.494 e. The molecule has 1 aliphatic rings. The molecule has 21 heavy (non-hydrogen) atoms. The molecule has 0 atom stereocenters. The Morgan fingerprint density at radius 2 is 2.00 bits per heavy atom. The van der Waals surface area contributed by atoms with Crippen LogP contribution in [0.15, 0.2) is 24.3 Å². The van der Waals surface area contributed by atoms with E-state index in [9.17, 15) is 4.39 Å². The lowest BCUT2D eigenvalue weighted by atomic mass is 10.1. The van der Waals surface area contributed by atoms with Crippen molar-refractivity contribution >= 4 is 11.8 Å². The van der Waals surface area contributed by atoms with Gasteiger partial charge in [-0.1, -0.05) is 6.07 Å². The minimum atomic E-state index is -0.439. The van der Waals surface area contributed by atoms with Crippen molar-refractivity contribution in [1.29, 1.82) is 0 Å². The molecule has 2 N–H and O–H groups in total. The van der Waals surface area contributed by atoms with Gasteiger partial charge in [0.2, 0.25) is 5.95 Å². The van der Waals surface area contributed by atoms with E-state index in [2.05, 4.69) is 14.9 Å². The van der Waals surface area contributed by atoms with Gasteiger partial charge in [-0.15, -0.1) is 0 Å². The fourth-order valence-corrected chi connectivity index (χ4v) is 2.57. The van der Waals surface area contributed by atoms with E-state index in [1.807, 2.05) is 0 Å². The van der Waals surface area contributed by atoms with Gasteiger partial charge in [0.1, 0.15) is 5.82 Å². The number of nitrogens with zero attached hydrogens (tertiary/aromatic N) is 3. The number of ether oxygens (including phenoxy) is 1. The molecule has 3 rings (SSSR count). The van der Waals surface area contributed by atoms with E-state index in [1.165, 1.54) is 7.11 Å². The third-order valence-corrected chi connectivity index (χ3v) is 3.62. The van der Waals surface area contributed by atoms with Crippen molar-refractivity contribution in [1.82, 2.24) is 9.97 Å². The van der Waals surface area contributed by atoms with Crippen LogP contribution >= 0.6 is 0 Å². The molecule has 2 aromatic rings. The van der Waals surface area contributed by atoms with E-state index < -0.39 is 5.82 Å². The molecule has 0 saturated carbocycles. The molecule has 1 saturated heterocycles. The fraction of sp³-hybridized carbons (Fsp3) is 0.333. The number of aromatic nitrogens is 2. The second-order valence-corrected chi connectivity index (χ2v) is 4.99. The summed E-state index contributed by atoms with van der Waals surface area (Å²) < 4.78 is 19.4. The van der Waals surface area contributed by atoms with Crippen LogP contribution in [0.5, 0.6) is 5.75 Å². The van der Waals surface area contributed by atoms with Crippen LogP contribution in [0.4, 0.5) is 16.2 Å². The van der Waals surface area contributed by atoms with Crippen LogP contribution in [0.3, 0.4) is 0 Å². The number of halogens is 1. The van der Waals surface area contributed by atoms with Gasteiger partial charge in [-0.25, -0.2) is 9.37 Å². The molecule has 5 nitrogen and oxygen atoms in total. The van der Waals surface area contributed by atoms with Gasteiger partial charge in [0.25, 0.3) is 0 Å². The summed E-state index contributed by atoms with van der Waals surface area (Å²) in [6.45, 7) is 1.88. The van der Waals surface area contributed by atoms with Crippen LogP contribution in [-0.2, 0) is 0 Å². The number of rotatable bonds is 3. The zero-order valence-electron chi connectivity index (χ0n) is 11.8. The molecule has 0 radical (unpaired) electrons. The third kappa shape index (κ3) is 2.61. The molecule has 1 aromatic heterocycles. The van der Waals surface area contributed by atoms with E-state index in [-0.39, 0.29) is 11.7 Å². The Kier molecular flexibility index (Phi) is 3.60. The van der Waals surface area contributed by atoms with E-state index in [0.717, 1.165) is 31.7 Å². The molecule has 0 unspecified atom stereocenters. The smallest absolute Gasteiger partial charge is 0.222 e. The summed E-state index contributed by atoms with van der Waals surface area (Å²) in [5.74, 6) is 0.645. The van der Waals surface area contributed by atoms with Gasteiger partial charge >= 0.3 is 0 Å². The first-order valence-corrected chi connectivity index (χ1v) is 6.91. The SMILES string of the molecule is COc1cccc(-c2cc(N3CCCC3)nc(N)n2)c1F. The Bertz CT molecular complexity index is 656. The Morgan fingerprint density at radius 1 is 1.24 bits per heavy atom. The van der Waals surface area contributed by atoms with Crippen molar-refractivity contribution in [2.75, 3.05) is 30.8 Å². The maximum absolute atomic E-state index is 14.4. The van der Waals surface area contributed by atoms with E-state index in [1.54, 1.807) is 24.3 Å². The number of methoxy groups -OCH3 is 1. The molecular formula is C15H17FN4O. The summed E-state index contributed by atoms with van der Waals surface area (Å²) in [5.41, 5.74) is 6.62. The van der Waals surface area contributed by atoms with Crippen LogP contribution in [0.1, 0.15) is 12.8 Å². The first-order valence-electron chi connectivity index (χ1n) is 6.91. The summed E-state index contributed by atoms with van der Waals surface area (Å²) in [5, 5.41) is 0. The summed E-state index contributed by atoms with van der Waals surface area (Å²) >= 11 is 0. The van der Waals surface area contributed by atoms with Crippen LogP contribution < -0.4 is 15.4 Å². The lowest BCUT2D eigenvalue weighted by molar-refractivity contribution is 0.387. The minimum absolute atomic E-state index is 0.150. The number of nitrogen functional groups attached to an aromatic ring is 1. The first-order chi connectivity index (χ1) is 10.2. The predicted octanol–water partition coefficient (Wildman–Crippen LogP) is 2.47.